The number of hydrogen-bond donors (Lipinski definition) is 0. The van der Waals surface area contributed by atoms with Crippen LogP contribution in [0.2, 0.25) is 0 Å². The van der Waals surface area contributed by atoms with E-state index >= 15 is 0 Å². The van der Waals surface area contributed by atoms with Gasteiger partial charge in [-0.2, -0.15) is 4.31 Å². The van der Waals surface area contributed by atoms with Gasteiger partial charge in [0.1, 0.15) is 0 Å². The van der Waals surface area contributed by atoms with E-state index in [-0.39, 0.29) is 10.9 Å². The molecule has 2 heterocycles. The van der Waals surface area contributed by atoms with Crippen molar-refractivity contribution in [2.24, 2.45) is 0 Å². The Morgan fingerprint density at radius 2 is 1.97 bits per heavy atom. The Balaban J connectivity index is 1.61. The van der Waals surface area contributed by atoms with E-state index in [4.69, 9.17) is 19.2 Å². The molecule has 194 valence electrons. The fraction of sp³-hybridized carbons (Fsp3) is 0.440. The Hall–Kier alpha value is -2.44. The summed E-state index contributed by atoms with van der Waals surface area (Å²) < 4.78 is 45.5. The number of carbonyl (C=O) groups excluding carboxylic acids is 1. The summed E-state index contributed by atoms with van der Waals surface area (Å²) in [5.74, 6) is 0.220. The van der Waals surface area contributed by atoms with Gasteiger partial charge in [-0.05, 0) is 49.2 Å². The molecule has 1 aromatic heterocycles. The molecule has 0 atom stereocenters. The van der Waals surface area contributed by atoms with Gasteiger partial charge >= 0.3 is 5.97 Å². The number of rotatable bonds is 11. The molecule has 1 fully saturated rings. The molecule has 9 nitrogen and oxygen atoms in total. The molecule has 0 bridgehead atoms. The van der Waals surface area contributed by atoms with Crippen LogP contribution in [-0.2, 0) is 36.5 Å². The van der Waals surface area contributed by atoms with Crippen LogP contribution in [0, 0.1) is 0 Å². The van der Waals surface area contributed by atoms with E-state index in [2.05, 4.69) is 4.57 Å². The van der Waals surface area contributed by atoms with Gasteiger partial charge in [0.05, 0.1) is 41.8 Å². The zero-order valence-corrected chi connectivity index (χ0v) is 22.1. The summed E-state index contributed by atoms with van der Waals surface area (Å²) in [5.41, 5.74) is 2.97. The summed E-state index contributed by atoms with van der Waals surface area (Å²) in [7, 11) is -2.26. The number of hydrogen-bond acceptors (Lipinski definition) is 8. The maximum Gasteiger partial charge on any atom is 0.337 e. The zero-order chi connectivity index (χ0) is 25.5. The molecule has 2 aromatic carbocycles. The Morgan fingerprint density at radius 1 is 1.17 bits per heavy atom. The quantitative estimate of drug-likeness (QED) is 0.210. The summed E-state index contributed by atoms with van der Waals surface area (Å²) in [6.45, 7) is 5.43. The Morgan fingerprint density at radius 3 is 2.72 bits per heavy atom. The van der Waals surface area contributed by atoms with E-state index in [9.17, 15) is 13.2 Å². The molecular formula is C25H31N3O6S2. The number of methoxy groups -OCH3 is 1. The van der Waals surface area contributed by atoms with Gasteiger partial charge in [-0.15, -0.1) is 0 Å². The SMILES string of the molecule is CCOCCCn1c(SCc2cccc(C(=O)OC)c2)nc2cc(S(=O)(=O)N3CCOCC3)ccc21. The van der Waals surface area contributed by atoms with Gasteiger partial charge < -0.3 is 18.8 Å². The van der Waals surface area contributed by atoms with Gasteiger partial charge in [-0.3, -0.25) is 0 Å². The van der Waals surface area contributed by atoms with Crippen molar-refractivity contribution in [3.05, 3.63) is 53.6 Å². The first-order chi connectivity index (χ1) is 17.4. The standard InChI is InChI=1S/C25H31N3O6S2/c1-3-33-13-5-10-28-23-9-8-21(36(30,31)27-11-14-34-15-12-27)17-22(23)26-25(28)35-18-19-6-4-7-20(16-19)24(29)32-2/h4,6-9,16-17H,3,5,10-15,18H2,1-2H3. The van der Waals surface area contributed by atoms with Crippen molar-refractivity contribution in [3.8, 4) is 0 Å². The highest BCUT2D eigenvalue weighted by Gasteiger charge is 2.27. The number of morpholine rings is 1. The molecule has 1 aliphatic heterocycles. The van der Waals surface area contributed by atoms with Crippen molar-refractivity contribution in [1.82, 2.24) is 13.9 Å². The molecule has 0 radical (unpaired) electrons. The maximum atomic E-state index is 13.2. The first kappa shape index (κ1) is 26.6. The number of imidazole rings is 1. The van der Waals surface area contributed by atoms with Gasteiger partial charge in [0, 0.05) is 38.6 Å². The summed E-state index contributed by atoms with van der Waals surface area (Å²) >= 11 is 1.54. The Labute approximate surface area is 215 Å². The van der Waals surface area contributed by atoms with Crippen LogP contribution in [0.4, 0.5) is 0 Å². The highest BCUT2D eigenvalue weighted by atomic mass is 32.2. The van der Waals surface area contributed by atoms with Crippen molar-refractivity contribution in [3.63, 3.8) is 0 Å². The third kappa shape index (κ3) is 6.09. The van der Waals surface area contributed by atoms with E-state index in [1.54, 1.807) is 30.0 Å². The lowest BCUT2D eigenvalue weighted by atomic mass is 10.1. The lowest BCUT2D eigenvalue weighted by molar-refractivity contribution is 0.0600. The van der Waals surface area contributed by atoms with Crippen molar-refractivity contribution >= 4 is 38.8 Å². The predicted octanol–water partition coefficient (Wildman–Crippen LogP) is 3.56. The molecule has 4 rings (SSSR count). The van der Waals surface area contributed by atoms with Gasteiger partial charge in [0.2, 0.25) is 10.0 Å². The summed E-state index contributed by atoms with van der Waals surface area (Å²) in [4.78, 5) is 16.9. The fourth-order valence-electron chi connectivity index (χ4n) is 4.03. The molecular weight excluding hydrogens is 502 g/mol. The minimum absolute atomic E-state index is 0.234. The maximum absolute atomic E-state index is 13.2. The highest BCUT2D eigenvalue weighted by molar-refractivity contribution is 7.98. The van der Waals surface area contributed by atoms with E-state index in [0.717, 1.165) is 22.7 Å². The topological polar surface area (TPSA) is 100.0 Å². The number of fused-ring (bicyclic) bond motifs is 1. The second-order valence-electron chi connectivity index (χ2n) is 8.24. The second kappa shape index (κ2) is 12.2. The van der Waals surface area contributed by atoms with E-state index in [0.29, 0.717) is 62.9 Å². The van der Waals surface area contributed by atoms with Crippen LogP contribution in [0.5, 0.6) is 0 Å². The highest BCUT2D eigenvalue weighted by Crippen LogP contribution is 2.30. The first-order valence-corrected chi connectivity index (χ1v) is 14.3. The molecule has 0 N–H and O–H groups in total. The van der Waals surface area contributed by atoms with Gasteiger partial charge in [0.25, 0.3) is 0 Å². The molecule has 0 unspecified atom stereocenters. The van der Waals surface area contributed by atoms with Gasteiger partial charge in [-0.1, -0.05) is 23.9 Å². The predicted molar refractivity (Wildman–Crippen MR) is 138 cm³/mol. The molecule has 0 spiro atoms. The number of carbonyl (C=O) groups is 1. The number of thioether (sulfide) groups is 1. The zero-order valence-electron chi connectivity index (χ0n) is 20.5. The lowest BCUT2D eigenvalue weighted by Crippen LogP contribution is -2.40. The van der Waals surface area contributed by atoms with Crippen LogP contribution in [0.3, 0.4) is 0 Å². The molecule has 1 saturated heterocycles. The second-order valence-corrected chi connectivity index (χ2v) is 11.1. The number of benzene rings is 2. The van der Waals surface area contributed by atoms with Crippen LogP contribution < -0.4 is 0 Å². The van der Waals surface area contributed by atoms with Crippen LogP contribution in [0.25, 0.3) is 11.0 Å². The average molecular weight is 534 g/mol. The molecule has 0 aliphatic carbocycles. The number of aryl methyl sites for hydroxylation is 1. The van der Waals surface area contributed by atoms with Crippen LogP contribution in [-0.4, -0.2) is 74.9 Å². The molecule has 0 amide bonds. The van der Waals surface area contributed by atoms with Gasteiger partial charge in [0.15, 0.2) is 5.16 Å². The summed E-state index contributed by atoms with van der Waals surface area (Å²) in [6.07, 6.45) is 0.804. The third-order valence-corrected chi connectivity index (χ3v) is 8.83. The minimum Gasteiger partial charge on any atom is -0.465 e. The number of aromatic nitrogens is 2. The van der Waals surface area contributed by atoms with Crippen LogP contribution in [0.1, 0.15) is 29.3 Å². The number of nitrogens with zero attached hydrogens (tertiary/aromatic N) is 3. The lowest BCUT2D eigenvalue weighted by Gasteiger charge is -2.26. The third-order valence-electron chi connectivity index (χ3n) is 5.88. The first-order valence-electron chi connectivity index (χ1n) is 11.9. The van der Waals surface area contributed by atoms with Crippen molar-refractivity contribution in [2.45, 2.75) is 35.7 Å². The van der Waals surface area contributed by atoms with Crippen molar-refractivity contribution in [1.29, 1.82) is 0 Å². The average Bonchev–Trinajstić information content (AvgIpc) is 3.26. The Bertz CT molecular complexity index is 1300. The largest absolute Gasteiger partial charge is 0.465 e. The van der Waals surface area contributed by atoms with Crippen molar-refractivity contribution < 1.29 is 27.4 Å². The smallest absolute Gasteiger partial charge is 0.337 e. The number of sulfonamides is 1. The monoisotopic (exact) mass is 533 g/mol. The summed E-state index contributed by atoms with van der Waals surface area (Å²) in [6, 6.07) is 12.5. The van der Waals surface area contributed by atoms with E-state index in [1.807, 2.05) is 31.2 Å². The molecule has 11 heteroatoms. The van der Waals surface area contributed by atoms with Crippen LogP contribution >= 0.6 is 11.8 Å². The van der Waals surface area contributed by atoms with Crippen molar-refractivity contribution in [2.75, 3.05) is 46.6 Å². The van der Waals surface area contributed by atoms with E-state index in [1.165, 1.54) is 11.4 Å². The van der Waals surface area contributed by atoms with E-state index < -0.39 is 10.0 Å². The number of ether oxygens (including phenoxy) is 3. The fourth-order valence-corrected chi connectivity index (χ4v) is 6.45. The Kier molecular flexibility index (Phi) is 9.02. The minimum atomic E-state index is -3.62. The number of esters is 1. The molecule has 36 heavy (non-hydrogen) atoms. The molecule has 3 aromatic rings. The molecule has 1 aliphatic rings. The van der Waals surface area contributed by atoms with Gasteiger partial charge in [-0.25, -0.2) is 18.2 Å². The summed E-state index contributed by atoms with van der Waals surface area (Å²) in [5, 5.41) is 0.783. The van der Waals surface area contributed by atoms with Crippen LogP contribution in [0.15, 0.2) is 52.5 Å². The molecule has 0 saturated carbocycles. The normalized spacial score (nSPS) is 14.8.